The molecule has 0 spiro atoms. The summed E-state index contributed by atoms with van der Waals surface area (Å²) in [6.45, 7) is 6.40. The Hall–Kier alpha value is -0.280. The van der Waals surface area contributed by atoms with Gasteiger partial charge in [-0.25, -0.2) is 17.6 Å². The lowest BCUT2D eigenvalue weighted by atomic mass is 9.80. The lowest BCUT2D eigenvalue weighted by Crippen LogP contribution is -2.35. The Bertz CT molecular complexity index is 296. The van der Waals surface area contributed by atoms with Crippen LogP contribution in [0.2, 0.25) is 0 Å². The van der Waals surface area contributed by atoms with Crippen LogP contribution in [0.25, 0.3) is 0 Å². The molecule has 0 amide bonds. The molecule has 21 heavy (non-hydrogen) atoms. The third-order valence-electron chi connectivity index (χ3n) is 4.81. The summed E-state index contributed by atoms with van der Waals surface area (Å²) in [7, 11) is 0. The zero-order valence-corrected chi connectivity index (χ0v) is 13.8. The van der Waals surface area contributed by atoms with E-state index in [-0.39, 0.29) is 11.8 Å². The first kappa shape index (κ1) is 18.8. The van der Waals surface area contributed by atoms with Gasteiger partial charge in [-0.1, -0.05) is 47.0 Å². The van der Waals surface area contributed by atoms with E-state index in [9.17, 15) is 17.6 Å². The van der Waals surface area contributed by atoms with E-state index in [1.165, 1.54) is 0 Å². The van der Waals surface area contributed by atoms with Crippen molar-refractivity contribution < 1.29 is 17.6 Å². The molecule has 0 aromatic rings. The van der Waals surface area contributed by atoms with Crippen LogP contribution < -0.4 is 0 Å². The Balaban J connectivity index is 0.000000219. The third kappa shape index (κ3) is 5.14. The van der Waals surface area contributed by atoms with Gasteiger partial charge in [0.15, 0.2) is 0 Å². The molecule has 0 bridgehead atoms. The summed E-state index contributed by atoms with van der Waals surface area (Å²) in [5, 5.41) is 0. The average molecular weight is 310 g/mol. The summed E-state index contributed by atoms with van der Waals surface area (Å²) in [5.41, 5.74) is 0. The van der Waals surface area contributed by atoms with Crippen LogP contribution in [-0.2, 0) is 0 Å². The van der Waals surface area contributed by atoms with Gasteiger partial charge in [0.05, 0.1) is 0 Å². The molecule has 2 saturated carbocycles. The minimum atomic E-state index is -2.43. The van der Waals surface area contributed by atoms with Gasteiger partial charge in [-0.15, -0.1) is 0 Å². The first-order valence-corrected chi connectivity index (χ1v) is 8.35. The molecule has 0 saturated heterocycles. The largest absolute Gasteiger partial charge is 0.253 e. The van der Waals surface area contributed by atoms with Gasteiger partial charge in [0, 0.05) is 23.7 Å². The smallest absolute Gasteiger partial charge is 0.206 e. The van der Waals surface area contributed by atoms with Crippen LogP contribution in [-0.4, -0.2) is 11.8 Å². The minimum absolute atomic E-state index is 0.294. The molecule has 2 fully saturated rings. The van der Waals surface area contributed by atoms with Crippen molar-refractivity contribution in [2.24, 2.45) is 23.7 Å². The fourth-order valence-electron chi connectivity index (χ4n) is 2.90. The van der Waals surface area contributed by atoms with E-state index < -0.39 is 23.7 Å². The summed E-state index contributed by atoms with van der Waals surface area (Å²) in [6, 6.07) is 0. The predicted molar refractivity (Wildman–Crippen MR) is 78.9 cm³/mol. The van der Waals surface area contributed by atoms with Crippen LogP contribution in [0.1, 0.15) is 72.6 Å². The summed E-state index contributed by atoms with van der Waals surface area (Å²) in [4.78, 5) is 0. The standard InChI is InChI=1S/C10H18F2.C7H12F2/c1-8(2)10(11,12)9-6-4-3-5-7-9;1-5(2)7(8,9)6-3-4-6/h8-9H,3-7H2,1-2H3;5-6H,3-4H2,1-2H3. The maximum absolute atomic E-state index is 13.4. The Morgan fingerprint density at radius 2 is 0.952 bits per heavy atom. The monoisotopic (exact) mass is 310 g/mol. The van der Waals surface area contributed by atoms with E-state index in [4.69, 9.17) is 0 Å². The topological polar surface area (TPSA) is 0 Å². The van der Waals surface area contributed by atoms with E-state index in [1.807, 2.05) is 0 Å². The van der Waals surface area contributed by atoms with Crippen molar-refractivity contribution in [3.8, 4) is 0 Å². The van der Waals surface area contributed by atoms with Crippen molar-refractivity contribution in [2.75, 3.05) is 0 Å². The van der Waals surface area contributed by atoms with E-state index >= 15 is 0 Å². The van der Waals surface area contributed by atoms with Gasteiger partial charge >= 0.3 is 0 Å². The van der Waals surface area contributed by atoms with Crippen molar-refractivity contribution in [3.05, 3.63) is 0 Å². The van der Waals surface area contributed by atoms with Crippen LogP contribution in [0.3, 0.4) is 0 Å². The van der Waals surface area contributed by atoms with Gasteiger partial charge in [0.1, 0.15) is 0 Å². The Morgan fingerprint density at radius 3 is 1.19 bits per heavy atom. The highest BCUT2D eigenvalue weighted by Crippen LogP contribution is 2.47. The maximum Gasteiger partial charge on any atom is 0.253 e. The van der Waals surface area contributed by atoms with E-state index in [1.54, 1.807) is 27.7 Å². The molecule has 0 heterocycles. The molecule has 4 heteroatoms. The molecule has 0 radical (unpaired) electrons. The first-order chi connectivity index (χ1) is 9.60. The molecule has 0 aromatic carbocycles. The number of hydrogen-bond acceptors (Lipinski definition) is 0. The van der Waals surface area contributed by atoms with Gasteiger partial charge in [0.2, 0.25) is 0 Å². The van der Waals surface area contributed by atoms with Crippen LogP contribution in [0, 0.1) is 23.7 Å². The van der Waals surface area contributed by atoms with Crippen molar-refractivity contribution in [2.45, 2.75) is 84.5 Å². The van der Waals surface area contributed by atoms with Crippen LogP contribution >= 0.6 is 0 Å². The predicted octanol–water partition coefficient (Wildman–Crippen LogP) is 6.55. The van der Waals surface area contributed by atoms with Crippen molar-refractivity contribution in [3.63, 3.8) is 0 Å². The second-order valence-corrected chi connectivity index (χ2v) is 7.27. The molecule has 2 rings (SSSR count). The lowest BCUT2D eigenvalue weighted by Gasteiger charge is -2.32. The highest BCUT2D eigenvalue weighted by molar-refractivity contribution is 4.89. The second-order valence-electron chi connectivity index (χ2n) is 7.27. The Morgan fingerprint density at radius 1 is 0.619 bits per heavy atom. The number of hydrogen-bond donors (Lipinski definition) is 0. The molecule has 0 unspecified atom stereocenters. The van der Waals surface area contributed by atoms with E-state index in [0.29, 0.717) is 0 Å². The normalized spacial score (nSPS) is 21.4. The van der Waals surface area contributed by atoms with Crippen LogP contribution in [0.5, 0.6) is 0 Å². The quantitative estimate of drug-likeness (QED) is 0.517. The Kier molecular flexibility index (Phi) is 6.54. The number of halogens is 4. The first-order valence-electron chi connectivity index (χ1n) is 8.35. The fraction of sp³-hybridized carbons (Fsp3) is 1.00. The summed E-state index contributed by atoms with van der Waals surface area (Å²) < 4.78 is 52.3. The molecule has 2 aliphatic carbocycles. The lowest BCUT2D eigenvalue weighted by molar-refractivity contribution is -0.108. The summed E-state index contributed by atoms with van der Waals surface area (Å²) >= 11 is 0. The van der Waals surface area contributed by atoms with Gasteiger partial charge < -0.3 is 0 Å². The average Bonchev–Trinajstić information content (AvgIpc) is 3.24. The van der Waals surface area contributed by atoms with Crippen LogP contribution in [0.4, 0.5) is 17.6 Å². The van der Waals surface area contributed by atoms with Crippen molar-refractivity contribution in [1.82, 2.24) is 0 Å². The molecular formula is C17H30F4. The van der Waals surface area contributed by atoms with Crippen molar-refractivity contribution in [1.29, 1.82) is 0 Å². The molecule has 0 nitrogen and oxygen atoms in total. The molecule has 0 atom stereocenters. The van der Waals surface area contributed by atoms with Crippen LogP contribution in [0.15, 0.2) is 0 Å². The zero-order valence-electron chi connectivity index (χ0n) is 13.8. The second kappa shape index (κ2) is 7.32. The number of rotatable bonds is 4. The molecule has 0 N–H and O–H groups in total. The van der Waals surface area contributed by atoms with E-state index in [2.05, 4.69) is 0 Å². The highest BCUT2D eigenvalue weighted by Gasteiger charge is 2.48. The maximum atomic E-state index is 13.4. The fourth-order valence-corrected chi connectivity index (χ4v) is 2.90. The highest BCUT2D eigenvalue weighted by atomic mass is 19.3. The minimum Gasteiger partial charge on any atom is -0.206 e. The third-order valence-corrected chi connectivity index (χ3v) is 4.81. The summed E-state index contributed by atoms with van der Waals surface area (Å²) in [6.07, 6.45) is 6.04. The molecule has 126 valence electrons. The van der Waals surface area contributed by atoms with Gasteiger partial charge in [0.25, 0.3) is 11.8 Å². The van der Waals surface area contributed by atoms with Gasteiger partial charge in [-0.2, -0.15) is 0 Å². The van der Waals surface area contributed by atoms with Crippen molar-refractivity contribution >= 4 is 0 Å². The summed E-state index contributed by atoms with van der Waals surface area (Å²) in [5.74, 6) is -6.44. The van der Waals surface area contributed by atoms with E-state index in [0.717, 1.165) is 44.9 Å². The molecule has 0 aromatic heterocycles. The van der Waals surface area contributed by atoms with Gasteiger partial charge in [-0.3, -0.25) is 0 Å². The SMILES string of the molecule is CC(C)C(F)(F)C1CC1.CC(C)C(F)(F)C1CCCCC1. The number of alkyl halides is 4. The Labute approximate surface area is 126 Å². The zero-order chi connectivity index (χ0) is 16.3. The molecular weight excluding hydrogens is 280 g/mol. The molecule has 2 aliphatic rings. The van der Waals surface area contributed by atoms with Gasteiger partial charge in [-0.05, 0) is 25.7 Å². The molecule has 0 aliphatic heterocycles.